The van der Waals surface area contributed by atoms with Gasteiger partial charge in [-0.25, -0.2) is 4.79 Å². The third-order valence-electron chi connectivity index (χ3n) is 2.15. The molecule has 0 aliphatic rings. The summed E-state index contributed by atoms with van der Waals surface area (Å²) in [5.74, 6) is -0.903. The molecule has 15 heavy (non-hydrogen) atoms. The van der Waals surface area contributed by atoms with Gasteiger partial charge in [-0.1, -0.05) is 18.2 Å². The smallest absolute Gasteiger partial charge is 0.337 e. The molecule has 2 N–H and O–H groups in total. The average Bonchev–Trinajstić information content (AvgIpc) is 2.20. The Labute approximate surface area is 89.4 Å². The van der Waals surface area contributed by atoms with Crippen molar-refractivity contribution in [2.45, 2.75) is 13.3 Å². The monoisotopic (exact) mass is 205 g/mol. The number of aromatic carboxylic acids is 1. The van der Waals surface area contributed by atoms with E-state index in [-0.39, 0.29) is 0 Å². The highest BCUT2D eigenvalue weighted by Crippen LogP contribution is 2.20. The molecule has 0 amide bonds. The lowest BCUT2D eigenvalue weighted by atomic mass is 10.1. The van der Waals surface area contributed by atoms with E-state index < -0.39 is 5.97 Å². The van der Waals surface area contributed by atoms with Crippen molar-refractivity contribution in [1.29, 1.82) is 0 Å². The first-order valence-corrected chi connectivity index (χ1v) is 4.84. The van der Waals surface area contributed by atoms with Crippen molar-refractivity contribution in [3.05, 3.63) is 42.0 Å². The number of carboxylic acid groups (broad SMARTS) is 1. The largest absolute Gasteiger partial charge is 0.478 e. The Morgan fingerprint density at radius 3 is 2.93 bits per heavy atom. The first-order valence-electron chi connectivity index (χ1n) is 4.84. The molecule has 1 aromatic rings. The standard InChI is InChI=1S/C12H15NO2/c1-3-4-8-13-11-9(2)6-5-7-10(11)12(14)15/h3,5-7,13H,1,4,8H2,2H3,(H,14,15). The van der Waals surface area contributed by atoms with Crippen LogP contribution < -0.4 is 5.32 Å². The van der Waals surface area contributed by atoms with Gasteiger partial charge in [0, 0.05) is 6.54 Å². The van der Waals surface area contributed by atoms with E-state index in [1.165, 1.54) is 0 Å². The highest BCUT2D eigenvalue weighted by molar-refractivity contribution is 5.95. The fourth-order valence-electron chi connectivity index (χ4n) is 1.38. The molecule has 3 nitrogen and oxygen atoms in total. The summed E-state index contributed by atoms with van der Waals surface area (Å²) in [6.07, 6.45) is 2.61. The van der Waals surface area contributed by atoms with Crippen LogP contribution in [0.2, 0.25) is 0 Å². The summed E-state index contributed by atoms with van der Waals surface area (Å²) in [5, 5.41) is 12.1. The Morgan fingerprint density at radius 2 is 2.33 bits per heavy atom. The molecule has 0 bridgehead atoms. The third-order valence-corrected chi connectivity index (χ3v) is 2.15. The van der Waals surface area contributed by atoms with Gasteiger partial charge in [0.2, 0.25) is 0 Å². The number of nitrogens with one attached hydrogen (secondary N) is 1. The number of hydrogen-bond donors (Lipinski definition) is 2. The van der Waals surface area contributed by atoms with E-state index in [0.29, 0.717) is 17.8 Å². The second-order valence-corrected chi connectivity index (χ2v) is 3.31. The van der Waals surface area contributed by atoms with Crippen molar-refractivity contribution in [3.63, 3.8) is 0 Å². The molecule has 0 saturated carbocycles. The first-order chi connectivity index (χ1) is 7.16. The van der Waals surface area contributed by atoms with Crippen LogP contribution in [0.3, 0.4) is 0 Å². The number of carboxylic acids is 1. The minimum atomic E-state index is -0.903. The van der Waals surface area contributed by atoms with Crippen molar-refractivity contribution in [2.75, 3.05) is 11.9 Å². The maximum absolute atomic E-state index is 10.9. The molecular weight excluding hydrogens is 190 g/mol. The molecule has 0 aliphatic heterocycles. The number of para-hydroxylation sites is 1. The third kappa shape index (κ3) is 2.84. The number of aryl methyl sites for hydroxylation is 1. The van der Waals surface area contributed by atoms with Crippen LogP contribution >= 0.6 is 0 Å². The molecule has 80 valence electrons. The maximum Gasteiger partial charge on any atom is 0.337 e. The highest BCUT2D eigenvalue weighted by atomic mass is 16.4. The van der Waals surface area contributed by atoms with Crippen LogP contribution in [-0.4, -0.2) is 17.6 Å². The predicted octanol–water partition coefficient (Wildman–Crippen LogP) is 2.68. The van der Waals surface area contributed by atoms with Crippen molar-refractivity contribution in [3.8, 4) is 0 Å². The van der Waals surface area contributed by atoms with Crippen molar-refractivity contribution < 1.29 is 9.90 Å². The Balaban J connectivity index is 2.92. The summed E-state index contributed by atoms with van der Waals surface area (Å²) < 4.78 is 0. The van der Waals surface area contributed by atoms with Gasteiger partial charge < -0.3 is 10.4 Å². The highest BCUT2D eigenvalue weighted by Gasteiger charge is 2.10. The quantitative estimate of drug-likeness (QED) is 0.574. The SMILES string of the molecule is C=CCCNc1c(C)cccc1C(=O)O. The minimum Gasteiger partial charge on any atom is -0.478 e. The van der Waals surface area contributed by atoms with Gasteiger partial charge in [-0.3, -0.25) is 0 Å². The van der Waals surface area contributed by atoms with E-state index in [9.17, 15) is 4.79 Å². The fourth-order valence-corrected chi connectivity index (χ4v) is 1.38. The molecule has 0 radical (unpaired) electrons. The van der Waals surface area contributed by atoms with Gasteiger partial charge >= 0.3 is 5.97 Å². The molecule has 0 aliphatic carbocycles. The number of benzene rings is 1. The fraction of sp³-hybridized carbons (Fsp3) is 0.250. The molecule has 1 rings (SSSR count). The normalized spacial score (nSPS) is 9.67. The van der Waals surface area contributed by atoms with Crippen LogP contribution in [0.25, 0.3) is 0 Å². The molecule has 0 aromatic heterocycles. The molecule has 0 heterocycles. The molecule has 0 saturated heterocycles. The van der Waals surface area contributed by atoms with Gasteiger partial charge in [-0.2, -0.15) is 0 Å². The lowest BCUT2D eigenvalue weighted by molar-refractivity contribution is 0.0698. The van der Waals surface area contributed by atoms with Gasteiger partial charge in [0.25, 0.3) is 0 Å². The molecular formula is C12H15NO2. The Hall–Kier alpha value is -1.77. The van der Waals surface area contributed by atoms with E-state index in [1.54, 1.807) is 18.2 Å². The van der Waals surface area contributed by atoms with E-state index in [2.05, 4.69) is 11.9 Å². The van der Waals surface area contributed by atoms with Crippen LogP contribution in [-0.2, 0) is 0 Å². The zero-order valence-electron chi connectivity index (χ0n) is 8.79. The van der Waals surface area contributed by atoms with Crippen LogP contribution in [0.4, 0.5) is 5.69 Å². The topological polar surface area (TPSA) is 49.3 Å². The van der Waals surface area contributed by atoms with Crippen molar-refractivity contribution in [1.82, 2.24) is 0 Å². The van der Waals surface area contributed by atoms with Gasteiger partial charge in [0.05, 0.1) is 11.3 Å². The molecule has 0 spiro atoms. The Bertz CT molecular complexity index is 372. The maximum atomic E-state index is 10.9. The van der Waals surface area contributed by atoms with E-state index in [1.807, 2.05) is 13.0 Å². The summed E-state index contributed by atoms with van der Waals surface area (Å²) in [6.45, 7) is 6.21. The first kappa shape index (κ1) is 11.3. The second-order valence-electron chi connectivity index (χ2n) is 3.31. The number of carbonyl (C=O) groups is 1. The summed E-state index contributed by atoms with van der Waals surface area (Å²) in [4.78, 5) is 10.9. The second kappa shape index (κ2) is 5.20. The van der Waals surface area contributed by atoms with Crippen molar-refractivity contribution in [2.24, 2.45) is 0 Å². The summed E-state index contributed by atoms with van der Waals surface area (Å²) >= 11 is 0. The zero-order chi connectivity index (χ0) is 11.3. The van der Waals surface area contributed by atoms with Crippen LogP contribution in [0, 0.1) is 6.92 Å². The summed E-state index contributed by atoms with van der Waals surface area (Å²) in [5.41, 5.74) is 1.96. The van der Waals surface area contributed by atoms with Crippen LogP contribution in [0.5, 0.6) is 0 Å². The molecule has 0 fully saturated rings. The number of rotatable bonds is 5. The van der Waals surface area contributed by atoms with Gasteiger partial charge in [0.1, 0.15) is 0 Å². The van der Waals surface area contributed by atoms with E-state index in [4.69, 9.17) is 5.11 Å². The van der Waals surface area contributed by atoms with E-state index >= 15 is 0 Å². The predicted molar refractivity (Wildman–Crippen MR) is 61.4 cm³/mol. The van der Waals surface area contributed by atoms with Gasteiger partial charge in [0.15, 0.2) is 0 Å². The van der Waals surface area contributed by atoms with Gasteiger partial charge in [-0.15, -0.1) is 6.58 Å². The van der Waals surface area contributed by atoms with Crippen molar-refractivity contribution >= 4 is 11.7 Å². The average molecular weight is 205 g/mol. The van der Waals surface area contributed by atoms with E-state index in [0.717, 1.165) is 12.0 Å². The molecule has 0 atom stereocenters. The summed E-state index contributed by atoms with van der Waals surface area (Å²) in [6, 6.07) is 5.24. The Kier molecular flexibility index (Phi) is 3.92. The summed E-state index contributed by atoms with van der Waals surface area (Å²) in [7, 11) is 0. The Morgan fingerprint density at radius 1 is 1.60 bits per heavy atom. The molecule has 0 unspecified atom stereocenters. The zero-order valence-corrected chi connectivity index (χ0v) is 8.79. The minimum absolute atomic E-state index is 0.319. The van der Waals surface area contributed by atoms with Crippen LogP contribution in [0.15, 0.2) is 30.9 Å². The van der Waals surface area contributed by atoms with Crippen LogP contribution in [0.1, 0.15) is 22.3 Å². The van der Waals surface area contributed by atoms with Gasteiger partial charge in [-0.05, 0) is 25.0 Å². The lowest BCUT2D eigenvalue weighted by Gasteiger charge is -2.11. The molecule has 1 aromatic carbocycles. The molecule has 3 heteroatoms. The lowest BCUT2D eigenvalue weighted by Crippen LogP contribution is -2.08. The number of anilines is 1. The number of hydrogen-bond acceptors (Lipinski definition) is 2.